The first kappa shape index (κ1) is 22.0. The molecule has 1 unspecified atom stereocenters. The zero-order valence-electron chi connectivity index (χ0n) is 18.7. The maximum absolute atomic E-state index is 14.1. The number of anilines is 1. The highest BCUT2D eigenvalue weighted by atomic mass is 32.2. The Morgan fingerprint density at radius 3 is 2.06 bits per heavy atom. The van der Waals surface area contributed by atoms with E-state index in [9.17, 15) is 4.21 Å². The van der Waals surface area contributed by atoms with E-state index in [1.54, 1.807) is 14.2 Å². The fraction of sp³-hybridized carbons (Fsp3) is 0.231. The van der Waals surface area contributed by atoms with Gasteiger partial charge in [-0.1, -0.05) is 24.3 Å². The zero-order chi connectivity index (χ0) is 22.7. The van der Waals surface area contributed by atoms with E-state index in [0.717, 1.165) is 38.1 Å². The normalized spacial score (nSPS) is 16.4. The van der Waals surface area contributed by atoms with Crippen LogP contribution in [0, 0.1) is 0 Å². The molecule has 1 heterocycles. The molecule has 0 spiro atoms. The van der Waals surface area contributed by atoms with Crippen LogP contribution in [-0.4, -0.2) is 39.1 Å². The van der Waals surface area contributed by atoms with Crippen LogP contribution >= 0.6 is 0 Å². The van der Waals surface area contributed by atoms with Gasteiger partial charge in [0.25, 0.3) is 0 Å². The Labute approximate surface area is 191 Å². The molecule has 4 rings (SSSR count). The van der Waals surface area contributed by atoms with E-state index in [0.29, 0.717) is 12.4 Å². The molecule has 0 bridgehead atoms. The van der Waals surface area contributed by atoms with E-state index >= 15 is 0 Å². The molecule has 1 aliphatic heterocycles. The van der Waals surface area contributed by atoms with Gasteiger partial charge < -0.3 is 19.1 Å². The Morgan fingerprint density at radius 2 is 1.47 bits per heavy atom. The summed E-state index contributed by atoms with van der Waals surface area (Å²) < 4.78 is 30.9. The fourth-order valence-electron chi connectivity index (χ4n) is 3.84. The molecule has 166 valence electrons. The van der Waals surface area contributed by atoms with Crippen molar-refractivity contribution >= 4 is 22.2 Å². The number of ether oxygens (including phenoxy) is 3. The molecule has 1 aliphatic rings. The molecular formula is C26H27NO4S. The van der Waals surface area contributed by atoms with Gasteiger partial charge in [-0.3, -0.25) is 0 Å². The molecule has 6 heteroatoms. The molecule has 0 aromatic heterocycles. The van der Waals surface area contributed by atoms with Gasteiger partial charge in [0, 0.05) is 19.7 Å². The smallest absolute Gasteiger partial charge is 0.139 e. The molecule has 5 nitrogen and oxygen atoms in total. The van der Waals surface area contributed by atoms with Gasteiger partial charge in [0.1, 0.15) is 17.3 Å². The number of nitrogens with zero attached hydrogens (tertiary/aromatic N) is 1. The first-order chi connectivity index (χ1) is 15.5. The number of para-hydroxylation sites is 1. The second-order valence-corrected chi connectivity index (χ2v) is 9.11. The van der Waals surface area contributed by atoms with E-state index in [4.69, 9.17) is 14.2 Å². The standard InChI is InChI=1S/C26H27NO4S/c1-27(2)23-7-5-6-8-24(23)32(28)26-22(18-9-13-20(29-3)14-10-18)17-31-25(26)19-11-15-21(30-4)16-12-19/h5-16,22H,17H2,1-4H3/t22-,32?/m0/s1. The summed E-state index contributed by atoms with van der Waals surface area (Å²) in [6, 6.07) is 23.3. The summed E-state index contributed by atoms with van der Waals surface area (Å²) in [6.45, 7) is 0.429. The molecule has 32 heavy (non-hydrogen) atoms. The first-order valence-electron chi connectivity index (χ1n) is 10.4. The summed E-state index contributed by atoms with van der Waals surface area (Å²) in [5.74, 6) is 2.08. The zero-order valence-corrected chi connectivity index (χ0v) is 19.5. The summed E-state index contributed by atoms with van der Waals surface area (Å²) in [5.41, 5.74) is 2.85. The van der Waals surface area contributed by atoms with Crippen molar-refractivity contribution in [3.8, 4) is 11.5 Å². The van der Waals surface area contributed by atoms with E-state index < -0.39 is 10.8 Å². The van der Waals surface area contributed by atoms with Gasteiger partial charge in [0.2, 0.25) is 0 Å². The number of hydrogen-bond acceptors (Lipinski definition) is 5. The largest absolute Gasteiger partial charge is 0.497 e. The van der Waals surface area contributed by atoms with Gasteiger partial charge in [0.05, 0.1) is 53.0 Å². The van der Waals surface area contributed by atoms with E-state index in [-0.39, 0.29) is 5.92 Å². The van der Waals surface area contributed by atoms with Crippen molar-refractivity contribution in [3.63, 3.8) is 0 Å². The molecule has 0 amide bonds. The lowest BCUT2D eigenvalue weighted by molar-refractivity contribution is 0.293. The van der Waals surface area contributed by atoms with Crippen LogP contribution < -0.4 is 14.4 Å². The minimum Gasteiger partial charge on any atom is -0.497 e. The summed E-state index contributed by atoms with van der Waals surface area (Å²) >= 11 is 0. The summed E-state index contributed by atoms with van der Waals surface area (Å²) in [5, 5.41) is 0. The molecule has 0 fully saturated rings. The molecule has 0 saturated carbocycles. The molecule has 3 aromatic rings. The van der Waals surface area contributed by atoms with Crippen LogP contribution in [0.25, 0.3) is 5.76 Å². The van der Waals surface area contributed by atoms with Crippen LogP contribution in [0.3, 0.4) is 0 Å². The molecule has 0 radical (unpaired) electrons. The number of benzene rings is 3. The van der Waals surface area contributed by atoms with Gasteiger partial charge in [0.15, 0.2) is 0 Å². The van der Waals surface area contributed by atoms with Crippen molar-refractivity contribution in [2.45, 2.75) is 10.8 Å². The van der Waals surface area contributed by atoms with Gasteiger partial charge in [-0.25, -0.2) is 4.21 Å². The maximum Gasteiger partial charge on any atom is 0.139 e. The summed E-state index contributed by atoms with van der Waals surface area (Å²) in [4.78, 5) is 3.52. The van der Waals surface area contributed by atoms with Crippen LogP contribution in [0.4, 0.5) is 5.69 Å². The highest BCUT2D eigenvalue weighted by Crippen LogP contribution is 2.44. The Hall–Kier alpha value is -3.25. The van der Waals surface area contributed by atoms with Gasteiger partial charge in [-0.2, -0.15) is 0 Å². The average molecular weight is 450 g/mol. The third kappa shape index (κ3) is 4.23. The fourth-order valence-corrected chi connectivity index (χ4v) is 5.53. The molecule has 3 aromatic carbocycles. The Bertz CT molecular complexity index is 1140. The lowest BCUT2D eigenvalue weighted by atomic mass is 9.99. The lowest BCUT2D eigenvalue weighted by Crippen LogP contribution is -2.14. The number of methoxy groups -OCH3 is 2. The van der Waals surface area contributed by atoms with Crippen molar-refractivity contribution in [1.82, 2.24) is 0 Å². The Balaban J connectivity index is 1.85. The van der Waals surface area contributed by atoms with Crippen molar-refractivity contribution < 1.29 is 18.4 Å². The quantitative estimate of drug-likeness (QED) is 0.505. The number of rotatable bonds is 7. The van der Waals surface area contributed by atoms with Crippen LogP contribution in [0.2, 0.25) is 0 Å². The van der Waals surface area contributed by atoms with Crippen molar-refractivity contribution in [3.05, 3.63) is 88.8 Å². The average Bonchev–Trinajstić information content (AvgIpc) is 3.28. The van der Waals surface area contributed by atoms with E-state index in [2.05, 4.69) is 0 Å². The summed E-state index contributed by atoms with van der Waals surface area (Å²) in [7, 11) is 5.79. The Morgan fingerprint density at radius 1 is 0.875 bits per heavy atom. The van der Waals surface area contributed by atoms with Gasteiger partial charge >= 0.3 is 0 Å². The lowest BCUT2D eigenvalue weighted by Gasteiger charge is -2.19. The maximum atomic E-state index is 14.1. The molecule has 2 atom stereocenters. The van der Waals surface area contributed by atoms with Gasteiger partial charge in [-0.15, -0.1) is 0 Å². The second kappa shape index (κ2) is 9.49. The van der Waals surface area contributed by atoms with E-state index in [1.165, 1.54) is 0 Å². The Kier molecular flexibility index (Phi) is 6.51. The molecule has 0 N–H and O–H groups in total. The predicted octanol–water partition coefficient (Wildman–Crippen LogP) is 5.06. The van der Waals surface area contributed by atoms with E-state index in [1.807, 2.05) is 91.8 Å². The highest BCUT2D eigenvalue weighted by molar-refractivity contribution is 7.89. The minimum atomic E-state index is -1.42. The van der Waals surface area contributed by atoms with Crippen molar-refractivity contribution in [2.75, 3.05) is 39.8 Å². The third-order valence-electron chi connectivity index (χ3n) is 5.55. The number of hydrogen-bond donors (Lipinski definition) is 0. The molecular weight excluding hydrogens is 422 g/mol. The van der Waals surface area contributed by atoms with Crippen LogP contribution in [0.15, 0.2) is 82.6 Å². The molecule has 0 aliphatic carbocycles. The minimum absolute atomic E-state index is 0.131. The first-order valence-corrected chi connectivity index (χ1v) is 11.5. The van der Waals surface area contributed by atoms with Crippen LogP contribution in [0.5, 0.6) is 11.5 Å². The monoisotopic (exact) mass is 449 g/mol. The van der Waals surface area contributed by atoms with Crippen LogP contribution in [0.1, 0.15) is 17.0 Å². The third-order valence-corrected chi connectivity index (χ3v) is 7.17. The molecule has 0 saturated heterocycles. The summed E-state index contributed by atoms with van der Waals surface area (Å²) in [6.07, 6.45) is 0. The van der Waals surface area contributed by atoms with Crippen LogP contribution in [-0.2, 0) is 15.5 Å². The van der Waals surface area contributed by atoms with Gasteiger partial charge in [-0.05, 0) is 54.1 Å². The van der Waals surface area contributed by atoms with Crippen molar-refractivity contribution in [2.24, 2.45) is 0 Å². The topological polar surface area (TPSA) is 48.0 Å². The predicted molar refractivity (Wildman–Crippen MR) is 129 cm³/mol. The van der Waals surface area contributed by atoms with Crippen molar-refractivity contribution in [1.29, 1.82) is 0 Å². The SMILES string of the molecule is COc1ccc(C2=C(S(=O)c3ccccc3N(C)C)[C@H](c3ccc(OC)cc3)CO2)cc1. The second-order valence-electron chi connectivity index (χ2n) is 7.69. The highest BCUT2D eigenvalue weighted by Gasteiger charge is 2.35.